The second-order valence-corrected chi connectivity index (χ2v) is 9.25. The zero-order valence-electron chi connectivity index (χ0n) is 18.6. The van der Waals surface area contributed by atoms with Gasteiger partial charge >= 0.3 is 11.3 Å². The third kappa shape index (κ3) is 5.26. The van der Waals surface area contributed by atoms with E-state index >= 15 is 0 Å². The lowest BCUT2D eigenvalue weighted by molar-refractivity contribution is -0.128. The van der Waals surface area contributed by atoms with E-state index in [4.69, 9.17) is 10.0 Å². The molecule has 4 unspecified atom stereocenters. The van der Waals surface area contributed by atoms with E-state index in [0.717, 1.165) is 30.5 Å². The number of rotatable bonds is 8. The van der Waals surface area contributed by atoms with E-state index in [9.17, 15) is 13.8 Å². The third-order valence-corrected chi connectivity index (χ3v) is 6.94. The van der Waals surface area contributed by atoms with Gasteiger partial charge in [-0.1, -0.05) is 30.7 Å². The molecule has 1 aliphatic carbocycles. The van der Waals surface area contributed by atoms with Crippen LogP contribution in [-0.2, 0) is 31.6 Å². The number of nitrogens with zero attached hydrogens (tertiary/aromatic N) is 2. The van der Waals surface area contributed by atoms with Gasteiger partial charge in [0.05, 0.1) is 0 Å². The Balaban J connectivity index is 1.43. The number of nitrogens with one attached hydrogen (secondary N) is 3. The molecule has 2 heterocycles. The summed E-state index contributed by atoms with van der Waals surface area (Å²) in [7, 11) is 1.85. The number of fused-ring (bicyclic) bond motifs is 1. The average molecular weight is 475 g/mol. The highest BCUT2D eigenvalue weighted by Gasteiger charge is 2.37. The first-order valence-corrected chi connectivity index (χ1v) is 12.3. The molecule has 10 nitrogen and oxygen atoms in total. The van der Waals surface area contributed by atoms with Gasteiger partial charge in [0, 0.05) is 24.7 Å². The minimum absolute atomic E-state index is 0.102. The smallest absolute Gasteiger partial charge is 0.309 e. The molecule has 5 N–H and O–H groups in total. The third-order valence-electron chi connectivity index (χ3n) is 6.37. The van der Waals surface area contributed by atoms with Gasteiger partial charge in [-0.3, -0.25) is 9.59 Å². The topological polar surface area (TPSA) is 138 Å². The summed E-state index contributed by atoms with van der Waals surface area (Å²) in [5.41, 5.74) is 10.9. The van der Waals surface area contributed by atoms with E-state index in [1.54, 1.807) is 0 Å². The minimum atomic E-state index is -1.74. The summed E-state index contributed by atoms with van der Waals surface area (Å²) in [6, 6.07) is 7.05. The number of hydrogen-bond acceptors (Lipinski definition) is 7. The molecule has 0 aromatic heterocycles. The second kappa shape index (κ2) is 10.4. The van der Waals surface area contributed by atoms with Crippen LogP contribution in [0.15, 0.2) is 40.4 Å². The number of benzene rings is 1. The molecule has 4 atom stereocenters. The van der Waals surface area contributed by atoms with Gasteiger partial charge in [0.25, 0.3) is 5.91 Å². The highest BCUT2D eigenvalue weighted by Crippen LogP contribution is 2.29. The fourth-order valence-electron chi connectivity index (χ4n) is 4.63. The normalized spacial score (nSPS) is 24.9. The van der Waals surface area contributed by atoms with Crippen LogP contribution in [0, 0.1) is 5.92 Å². The summed E-state index contributed by atoms with van der Waals surface area (Å²) >= 11 is -1.74. The summed E-state index contributed by atoms with van der Waals surface area (Å²) in [6.45, 7) is 0.422. The van der Waals surface area contributed by atoms with Crippen molar-refractivity contribution in [2.75, 3.05) is 18.5 Å². The van der Waals surface area contributed by atoms with Crippen molar-refractivity contribution >= 4 is 34.6 Å². The van der Waals surface area contributed by atoms with Crippen molar-refractivity contribution in [1.82, 2.24) is 16.1 Å². The Kier molecular flexibility index (Phi) is 7.41. The molecule has 0 saturated heterocycles. The standard InChI is InChI=1S/C22H30N6O4S/c1-28-18-10-3-2-6-14(18)11-12-19(28)22(30)25-17(9-5-13-23)21(29)24-16-8-4-7-15(16)20-26-32-33(31)27-20/h2-3,6,10,12,15-17H,4-5,7-9,11,13,23H2,1H3,(H,24,29)(H,25,30)(H,26,27). The number of carbonyl (C=O) groups excluding carboxylic acids is 2. The summed E-state index contributed by atoms with van der Waals surface area (Å²) in [5, 5.41) is 5.97. The van der Waals surface area contributed by atoms with Gasteiger partial charge < -0.3 is 21.3 Å². The van der Waals surface area contributed by atoms with E-state index in [1.165, 1.54) is 0 Å². The Morgan fingerprint density at radius 3 is 2.94 bits per heavy atom. The van der Waals surface area contributed by atoms with Gasteiger partial charge in [-0.25, -0.2) is 9.69 Å². The lowest BCUT2D eigenvalue weighted by Crippen LogP contribution is -2.52. The lowest BCUT2D eigenvalue weighted by Gasteiger charge is -2.30. The maximum atomic E-state index is 13.2. The molecule has 1 aromatic rings. The molecule has 11 heteroatoms. The zero-order valence-corrected chi connectivity index (χ0v) is 19.4. The molecule has 1 saturated carbocycles. The Labute approximate surface area is 195 Å². The second-order valence-electron chi connectivity index (χ2n) is 8.47. The maximum absolute atomic E-state index is 13.2. The molecule has 2 amide bonds. The monoisotopic (exact) mass is 474 g/mol. The predicted molar refractivity (Wildman–Crippen MR) is 126 cm³/mol. The zero-order chi connectivity index (χ0) is 23.4. The number of nitrogens with two attached hydrogens (primary N) is 1. The minimum Gasteiger partial charge on any atom is -0.351 e. The molecular formula is C22H30N6O4S. The molecule has 2 aliphatic heterocycles. The number of carbonyl (C=O) groups is 2. The van der Waals surface area contributed by atoms with Crippen LogP contribution in [0.4, 0.5) is 5.69 Å². The maximum Gasteiger partial charge on any atom is 0.309 e. The highest BCUT2D eigenvalue weighted by atomic mass is 32.2. The number of para-hydroxylation sites is 1. The van der Waals surface area contributed by atoms with Gasteiger partial charge in [-0.05, 0) is 50.3 Å². The Hall–Kier alpha value is -2.76. The molecule has 0 radical (unpaired) electrons. The molecule has 1 fully saturated rings. The number of hydroxylamine groups is 1. The van der Waals surface area contributed by atoms with Crippen molar-refractivity contribution in [1.29, 1.82) is 0 Å². The lowest BCUT2D eigenvalue weighted by atomic mass is 10.0. The fraction of sp³-hybridized carbons (Fsp3) is 0.500. The Bertz CT molecular complexity index is 997. The van der Waals surface area contributed by atoms with Crippen LogP contribution in [0.2, 0.25) is 0 Å². The van der Waals surface area contributed by atoms with Gasteiger partial charge in [-0.2, -0.15) is 4.28 Å². The summed E-state index contributed by atoms with van der Waals surface area (Å²) < 4.78 is 20.2. The molecular weight excluding hydrogens is 444 g/mol. The highest BCUT2D eigenvalue weighted by molar-refractivity contribution is 7.79. The van der Waals surface area contributed by atoms with E-state index in [2.05, 4.69) is 20.5 Å². The molecule has 0 bridgehead atoms. The van der Waals surface area contributed by atoms with Crippen LogP contribution in [0.3, 0.4) is 0 Å². The molecule has 0 spiro atoms. The number of hydrogen-bond donors (Lipinski definition) is 4. The van der Waals surface area contributed by atoms with Crippen LogP contribution in [0.1, 0.15) is 37.7 Å². The van der Waals surface area contributed by atoms with Crippen LogP contribution in [0.25, 0.3) is 0 Å². The van der Waals surface area contributed by atoms with Crippen molar-refractivity contribution in [2.24, 2.45) is 16.0 Å². The van der Waals surface area contributed by atoms with Crippen molar-refractivity contribution in [3.05, 3.63) is 41.6 Å². The van der Waals surface area contributed by atoms with Crippen molar-refractivity contribution in [2.45, 2.75) is 50.6 Å². The molecule has 1 aromatic carbocycles. The summed E-state index contributed by atoms with van der Waals surface area (Å²) in [6.07, 6.45) is 6.05. The average Bonchev–Trinajstić information content (AvgIpc) is 3.45. The van der Waals surface area contributed by atoms with E-state index in [-0.39, 0.29) is 23.8 Å². The van der Waals surface area contributed by atoms with E-state index in [0.29, 0.717) is 37.3 Å². The van der Waals surface area contributed by atoms with Crippen molar-refractivity contribution < 1.29 is 18.1 Å². The van der Waals surface area contributed by atoms with Crippen molar-refractivity contribution in [3.8, 4) is 0 Å². The molecule has 178 valence electrons. The van der Waals surface area contributed by atoms with Crippen molar-refractivity contribution in [3.63, 3.8) is 0 Å². The summed E-state index contributed by atoms with van der Waals surface area (Å²) in [5.74, 6) is -0.159. The molecule has 3 aliphatic rings. The van der Waals surface area contributed by atoms with E-state index in [1.807, 2.05) is 42.3 Å². The first-order valence-electron chi connectivity index (χ1n) is 11.2. The van der Waals surface area contributed by atoms with Crippen LogP contribution >= 0.6 is 0 Å². The Morgan fingerprint density at radius 1 is 1.36 bits per heavy atom. The van der Waals surface area contributed by atoms with Crippen LogP contribution in [-0.4, -0.2) is 47.5 Å². The first-order chi connectivity index (χ1) is 16.0. The number of amides is 2. The van der Waals surface area contributed by atoms with Gasteiger partial charge in [0.15, 0.2) is 0 Å². The number of anilines is 1. The van der Waals surface area contributed by atoms with Gasteiger partial charge in [-0.15, -0.1) is 4.40 Å². The van der Waals surface area contributed by atoms with Crippen LogP contribution < -0.4 is 26.7 Å². The molecule has 33 heavy (non-hydrogen) atoms. The van der Waals surface area contributed by atoms with E-state index < -0.39 is 17.3 Å². The van der Waals surface area contributed by atoms with Gasteiger partial charge in [0.1, 0.15) is 17.6 Å². The summed E-state index contributed by atoms with van der Waals surface area (Å²) in [4.78, 5) is 28.2. The largest absolute Gasteiger partial charge is 0.351 e. The first kappa shape index (κ1) is 23.4. The quantitative estimate of drug-likeness (QED) is 0.432. The van der Waals surface area contributed by atoms with Crippen LogP contribution in [0.5, 0.6) is 0 Å². The fourth-order valence-corrected chi connectivity index (χ4v) is 5.16. The SMILES string of the molecule is CN1C(C(=O)NC(CCCN)C(=O)NC2CCCC2C2=NS(=O)ON2)=CCc2ccccc21. The number of likely N-dealkylation sites (N-methyl/N-ethyl adjacent to an activating group) is 1. The molecule has 4 rings (SSSR count). The van der Waals surface area contributed by atoms with Gasteiger partial charge in [0.2, 0.25) is 5.91 Å². The Morgan fingerprint density at radius 2 is 2.18 bits per heavy atom. The number of amidine groups is 1. The number of allylic oxidation sites excluding steroid dienone is 1. The predicted octanol–water partition coefficient (Wildman–Crippen LogP) is 0.583.